The monoisotopic (exact) mass is 420 g/mol. The second-order valence-corrected chi connectivity index (χ2v) is 9.36. The Kier molecular flexibility index (Phi) is 3.71. The minimum Gasteiger partial charge on any atom is -0.0619 e. The third kappa shape index (κ3) is 2.21. The lowest BCUT2D eigenvalue weighted by Gasteiger charge is -2.37. The van der Waals surface area contributed by atoms with E-state index in [1.54, 1.807) is 0 Å². The summed E-state index contributed by atoms with van der Waals surface area (Å²) in [4.78, 5) is 0. The van der Waals surface area contributed by atoms with Gasteiger partial charge in [-0.2, -0.15) is 0 Å². The number of hydrogen-bond acceptors (Lipinski definition) is 0. The summed E-state index contributed by atoms with van der Waals surface area (Å²) in [6.07, 6.45) is 0. The van der Waals surface area contributed by atoms with Crippen LogP contribution in [0.25, 0.3) is 33.4 Å². The fourth-order valence-electron chi connectivity index (χ4n) is 6.45. The zero-order valence-electron chi connectivity index (χ0n) is 18.9. The van der Waals surface area contributed by atoms with Crippen molar-refractivity contribution in [3.05, 3.63) is 143 Å². The molecule has 2 aliphatic rings. The third-order valence-electron chi connectivity index (χ3n) is 7.90. The SMILES string of the molecule is Cc1ccc2c(c1C)C1(c3ccccc3-c3ccccc3-2)c2ccccc2-c2ccccc21. The highest BCUT2D eigenvalue weighted by atomic mass is 14.5. The molecule has 0 aromatic heterocycles. The van der Waals surface area contributed by atoms with Crippen LogP contribution in [0.1, 0.15) is 33.4 Å². The van der Waals surface area contributed by atoms with Gasteiger partial charge in [0.1, 0.15) is 0 Å². The van der Waals surface area contributed by atoms with Crippen LogP contribution in [-0.2, 0) is 5.41 Å². The molecule has 0 nitrogen and oxygen atoms in total. The Morgan fingerprint density at radius 3 is 1.30 bits per heavy atom. The fraction of sp³-hybridized carbons (Fsp3) is 0.0909. The molecule has 0 N–H and O–H groups in total. The molecule has 0 atom stereocenters. The summed E-state index contributed by atoms with van der Waals surface area (Å²) in [7, 11) is 0. The summed E-state index contributed by atoms with van der Waals surface area (Å²) in [5, 5.41) is 0. The van der Waals surface area contributed by atoms with Crippen molar-refractivity contribution < 1.29 is 0 Å². The predicted octanol–water partition coefficient (Wildman–Crippen LogP) is 8.31. The fourth-order valence-corrected chi connectivity index (χ4v) is 6.45. The molecule has 2 aliphatic carbocycles. The van der Waals surface area contributed by atoms with Gasteiger partial charge >= 0.3 is 0 Å². The lowest BCUT2D eigenvalue weighted by Crippen LogP contribution is -2.30. The van der Waals surface area contributed by atoms with E-state index in [4.69, 9.17) is 0 Å². The van der Waals surface area contributed by atoms with Gasteiger partial charge in [-0.3, -0.25) is 0 Å². The minimum absolute atomic E-state index is 0.353. The van der Waals surface area contributed by atoms with E-state index in [-0.39, 0.29) is 5.41 Å². The molecule has 0 radical (unpaired) electrons. The molecule has 0 saturated carbocycles. The number of benzene rings is 5. The molecule has 1 spiro atoms. The maximum absolute atomic E-state index is 2.36. The first-order valence-electron chi connectivity index (χ1n) is 11.7. The summed E-state index contributed by atoms with van der Waals surface area (Å²) in [6, 6.07) is 40.7. The lowest BCUT2D eigenvalue weighted by atomic mass is 9.64. The van der Waals surface area contributed by atoms with E-state index in [1.165, 1.54) is 66.8 Å². The van der Waals surface area contributed by atoms with Crippen molar-refractivity contribution in [2.24, 2.45) is 0 Å². The molecule has 0 fully saturated rings. The second kappa shape index (κ2) is 6.56. The van der Waals surface area contributed by atoms with Crippen LogP contribution >= 0.6 is 0 Å². The molecule has 0 heteroatoms. The number of aryl methyl sites for hydroxylation is 1. The first kappa shape index (κ1) is 18.7. The average Bonchev–Trinajstić information content (AvgIpc) is 3.10. The van der Waals surface area contributed by atoms with Gasteiger partial charge in [-0.1, -0.05) is 109 Å². The molecule has 0 unspecified atom stereocenters. The zero-order chi connectivity index (χ0) is 22.2. The molecule has 33 heavy (non-hydrogen) atoms. The molecule has 0 bridgehead atoms. The molecule has 7 rings (SSSR count). The summed E-state index contributed by atoms with van der Waals surface area (Å²) in [5.74, 6) is 0. The smallest absolute Gasteiger partial charge is 0.0619 e. The highest BCUT2D eigenvalue weighted by Gasteiger charge is 2.50. The van der Waals surface area contributed by atoms with Crippen LogP contribution < -0.4 is 0 Å². The van der Waals surface area contributed by atoms with Crippen LogP contribution in [0.15, 0.2) is 109 Å². The van der Waals surface area contributed by atoms with Gasteiger partial charge in [0, 0.05) is 0 Å². The quantitative estimate of drug-likeness (QED) is 0.231. The van der Waals surface area contributed by atoms with Gasteiger partial charge in [0.05, 0.1) is 5.41 Å². The Labute approximate surface area is 195 Å². The van der Waals surface area contributed by atoms with Crippen LogP contribution in [0.5, 0.6) is 0 Å². The van der Waals surface area contributed by atoms with Crippen molar-refractivity contribution in [2.75, 3.05) is 0 Å². The van der Waals surface area contributed by atoms with Crippen LogP contribution in [0.3, 0.4) is 0 Å². The van der Waals surface area contributed by atoms with Crippen molar-refractivity contribution >= 4 is 0 Å². The van der Waals surface area contributed by atoms with E-state index in [2.05, 4.69) is 123 Å². The Morgan fingerprint density at radius 2 is 0.788 bits per heavy atom. The predicted molar refractivity (Wildman–Crippen MR) is 138 cm³/mol. The van der Waals surface area contributed by atoms with Gasteiger partial charge in [-0.05, 0) is 80.6 Å². The Bertz CT molecular complexity index is 1540. The minimum atomic E-state index is -0.353. The van der Waals surface area contributed by atoms with Gasteiger partial charge in [-0.15, -0.1) is 0 Å². The molecule has 0 heterocycles. The third-order valence-corrected chi connectivity index (χ3v) is 7.90. The topological polar surface area (TPSA) is 0 Å². The first-order chi connectivity index (χ1) is 16.2. The number of hydrogen-bond donors (Lipinski definition) is 0. The van der Waals surface area contributed by atoms with Gasteiger partial charge < -0.3 is 0 Å². The lowest BCUT2D eigenvalue weighted by molar-refractivity contribution is 0.766. The van der Waals surface area contributed by atoms with E-state index in [0.717, 1.165) is 0 Å². The van der Waals surface area contributed by atoms with Gasteiger partial charge in [0.25, 0.3) is 0 Å². The van der Waals surface area contributed by atoms with Gasteiger partial charge in [0.2, 0.25) is 0 Å². The summed E-state index contributed by atoms with van der Waals surface area (Å²) in [5.41, 5.74) is 16.0. The standard InChI is InChI=1S/C33H24/c1-21-19-20-28-24-12-4-3-11-23(24)25-13-5-8-16-29(25)33(32(28)22(21)2)30-17-9-6-14-26(30)27-15-7-10-18-31(27)33/h3-20H,1-2H3. The molecular weight excluding hydrogens is 396 g/mol. The molecule has 0 amide bonds. The molecule has 5 aromatic rings. The zero-order valence-corrected chi connectivity index (χ0v) is 18.9. The van der Waals surface area contributed by atoms with Crippen LogP contribution in [0, 0.1) is 13.8 Å². The molecule has 156 valence electrons. The Morgan fingerprint density at radius 1 is 0.394 bits per heavy atom. The maximum atomic E-state index is 2.36. The van der Waals surface area contributed by atoms with Crippen molar-refractivity contribution in [1.82, 2.24) is 0 Å². The van der Waals surface area contributed by atoms with Crippen LogP contribution in [-0.4, -0.2) is 0 Å². The molecular formula is C33H24. The van der Waals surface area contributed by atoms with Crippen molar-refractivity contribution in [2.45, 2.75) is 19.3 Å². The van der Waals surface area contributed by atoms with Crippen LogP contribution in [0.2, 0.25) is 0 Å². The Hall–Kier alpha value is -3.90. The first-order valence-corrected chi connectivity index (χ1v) is 11.7. The molecule has 5 aromatic carbocycles. The van der Waals surface area contributed by atoms with E-state index >= 15 is 0 Å². The number of rotatable bonds is 0. The van der Waals surface area contributed by atoms with E-state index in [0.29, 0.717) is 0 Å². The number of fused-ring (bicyclic) bond motifs is 12. The van der Waals surface area contributed by atoms with Crippen molar-refractivity contribution in [3.63, 3.8) is 0 Å². The highest BCUT2D eigenvalue weighted by Crippen LogP contribution is 2.62. The maximum Gasteiger partial charge on any atom is 0.0728 e. The van der Waals surface area contributed by atoms with E-state index < -0.39 is 0 Å². The van der Waals surface area contributed by atoms with Gasteiger partial charge in [0.15, 0.2) is 0 Å². The molecule has 0 saturated heterocycles. The normalized spacial score (nSPS) is 14.0. The highest BCUT2D eigenvalue weighted by molar-refractivity contribution is 5.97. The van der Waals surface area contributed by atoms with Gasteiger partial charge in [-0.25, -0.2) is 0 Å². The van der Waals surface area contributed by atoms with Crippen molar-refractivity contribution in [3.8, 4) is 33.4 Å². The summed E-state index contributed by atoms with van der Waals surface area (Å²) in [6.45, 7) is 4.56. The average molecular weight is 421 g/mol. The summed E-state index contributed by atoms with van der Waals surface area (Å²) >= 11 is 0. The summed E-state index contributed by atoms with van der Waals surface area (Å²) < 4.78 is 0. The largest absolute Gasteiger partial charge is 0.0728 e. The van der Waals surface area contributed by atoms with Crippen molar-refractivity contribution in [1.29, 1.82) is 0 Å². The van der Waals surface area contributed by atoms with E-state index in [9.17, 15) is 0 Å². The second-order valence-electron chi connectivity index (χ2n) is 9.36. The Balaban J connectivity index is 1.81. The van der Waals surface area contributed by atoms with Crippen LogP contribution in [0.4, 0.5) is 0 Å². The van der Waals surface area contributed by atoms with E-state index in [1.807, 2.05) is 0 Å². The molecule has 0 aliphatic heterocycles.